The van der Waals surface area contributed by atoms with Gasteiger partial charge in [0.15, 0.2) is 5.82 Å². The third kappa shape index (κ3) is 4.60. The zero-order valence-corrected chi connectivity index (χ0v) is 26.0. The van der Waals surface area contributed by atoms with E-state index in [4.69, 9.17) is 19.7 Å². The highest BCUT2D eigenvalue weighted by atomic mass is 19.1. The van der Waals surface area contributed by atoms with Gasteiger partial charge in [0.05, 0.1) is 22.2 Å². The van der Waals surface area contributed by atoms with Crippen LogP contribution in [0.1, 0.15) is 57.2 Å². The van der Waals surface area contributed by atoms with Crippen LogP contribution in [0.25, 0.3) is 32.9 Å². The fraction of sp³-hybridized carbons (Fsp3) is 0.486. The molecule has 6 heterocycles. The van der Waals surface area contributed by atoms with E-state index in [1.54, 1.807) is 24.3 Å². The Balaban J connectivity index is 1.34. The molecule has 8 rings (SSSR count). The van der Waals surface area contributed by atoms with Gasteiger partial charge >= 0.3 is 6.01 Å². The Bertz CT molecular complexity index is 1910. The quantitative estimate of drug-likeness (QED) is 0.302. The zero-order chi connectivity index (χ0) is 31.7. The fourth-order valence-corrected chi connectivity index (χ4v) is 8.59. The molecule has 5 atom stereocenters. The van der Waals surface area contributed by atoms with E-state index in [-0.39, 0.29) is 47.5 Å². The van der Waals surface area contributed by atoms with Gasteiger partial charge in [-0.15, -0.1) is 0 Å². The number of aryl methyl sites for hydroxylation is 1. The average Bonchev–Trinajstić information content (AvgIpc) is 3.56. The van der Waals surface area contributed by atoms with Gasteiger partial charge in [-0.1, -0.05) is 24.3 Å². The van der Waals surface area contributed by atoms with Crippen LogP contribution >= 0.6 is 0 Å². The van der Waals surface area contributed by atoms with Crippen molar-refractivity contribution in [1.82, 2.24) is 25.2 Å². The number of hydrogen-bond acceptors (Lipinski definition) is 8. The van der Waals surface area contributed by atoms with Crippen molar-refractivity contribution in [2.75, 3.05) is 31.1 Å². The highest BCUT2D eigenvalue weighted by Crippen LogP contribution is 2.43. The lowest BCUT2D eigenvalue weighted by atomic mass is 9.92. The van der Waals surface area contributed by atoms with Crippen molar-refractivity contribution in [1.29, 1.82) is 5.26 Å². The first kappa shape index (κ1) is 29.4. The van der Waals surface area contributed by atoms with Crippen LogP contribution in [0.5, 0.6) is 6.01 Å². The van der Waals surface area contributed by atoms with Gasteiger partial charge in [0.2, 0.25) is 0 Å². The standard InChI is InChI=1S/C35H36F3N7O/c1-19-16-45-27(20(2)40-19)9-4-8-26-29-32(42-34(43-33(29)45)46-18-35-12-5-13-44(35)17-22(36)14-35)30(38)31(41-26)23-7-3-6-21-10-11-25(37)24(15-39)28(21)23/h3,6-7,10-11,19-20,22,27,40H,4-5,8-9,12-14,16-18H2,1-2H3/t19-,20+,22-,27-,35+/m1/s1. The second-order valence-electron chi connectivity index (χ2n) is 13.5. The number of hydrogen-bond donors (Lipinski definition) is 1. The number of ether oxygens (including phenoxy) is 1. The molecule has 3 fully saturated rings. The Hall–Kier alpha value is -4.01. The summed E-state index contributed by atoms with van der Waals surface area (Å²) in [6, 6.07) is 10.5. The summed E-state index contributed by atoms with van der Waals surface area (Å²) in [4.78, 5) is 19.0. The molecule has 0 aliphatic carbocycles. The molecule has 1 N–H and O–H groups in total. The topological polar surface area (TPSA) is 90.2 Å². The molecule has 0 saturated carbocycles. The highest BCUT2D eigenvalue weighted by Gasteiger charge is 2.49. The van der Waals surface area contributed by atoms with Gasteiger partial charge in [-0.2, -0.15) is 15.2 Å². The highest BCUT2D eigenvalue weighted by molar-refractivity contribution is 6.02. The number of benzene rings is 2. The molecule has 46 heavy (non-hydrogen) atoms. The van der Waals surface area contributed by atoms with Crippen LogP contribution in [-0.2, 0) is 6.42 Å². The van der Waals surface area contributed by atoms with Crippen LogP contribution in [0.15, 0.2) is 30.3 Å². The van der Waals surface area contributed by atoms with Crippen molar-refractivity contribution in [2.24, 2.45) is 0 Å². The lowest BCUT2D eigenvalue weighted by Gasteiger charge is -2.45. The molecule has 11 heteroatoms. The Morgan fingerprint density at radius 2 is 1.96 bits per heavy atom. The summed E-state index contributed by atoms with van der Waals surface area (Å²) in [7, 11) is 0. The summed E-state index contributed by atoms with van der Waals surface area (Å²) in [5.74, 6) is -0.754. The molecule has 0 unspecified atom stereocenters. The van der Waals surface area contributed by atoms with Gasteiger partial charge in [0.25, 0.3) is 0 Å². The Kier molecular flexibility index (Phi) is 7.07. The smallest absolute Gasteiger partial charge is 0.319 e. The number of nitriles is 1. The molecule has 4 aromatic rings. The van der Waals surface area contributed by atoms with Crippen molar-refractivity contribution < 1.29 is 17.9 Å². The van der Waals surface area contributed by atoms with E-state index in [0.717, 1.165) is 32.2 Å². The molecule has 2 aromatic heterocycles. The molecule has 0 bridgehead atoms. The first-order valence-corrected chi connectivity index (χ1v) is 16.3. The third-order valence-electron chi connectivity index (χ3n) is 10.6. The van der Waals surface area contributed by atoms with Crippen molar-refractivity contribution >= 4 is 27.5 Å². The van der Waals surface area contributed by atoms with E-state index >= 15 is 4.39 Å². The molecular formula is C35H36F3N7O. The number of piperazine rings is 1. The summed E-state index contributed by atoms with van der Waals surface area (Å²) in [5, 5.41) is 15.0. The molecule has 4 aliphatic rings. The normalized spacial score (nSPS) is 27.7. The number of pyridine rings is 1. The molecular weight excluding hydrogens is 591 g/mol. The van der Waals surface area contributed by atoms with E-state index in [9.17, 15) is 14.0 Å². The molecule has 0 amide bonds. The average molecular weight is 628 g/mol. The maximum Gasteiger partial charge on any atom is 0.319 e. The monoisotopic (exact) mass is 627 g/mol. The van der Waals surface area contributed by atoms with E-state index in [1.807, 2.05) is 6.07 Å². The van der Waals surface area contributed by atoms with Crippen molar-refractivity contribution in [2.45, 2.75) is 82.2 Å². The second kappa shape index (κ2) is 11.1. The van der Waals surface area contributed by atoms with Gasteiger partial charge in [-0.3, -0.25) is 4.90 Å². The second-order valence-corrected chi connectivity index (χ2v) is 13.5. The molecule has 2 aromatic carbocycles. The van der Waals surface area contributed by atoms with Gasteiger partial charge in [-0.05, 0) is 63.9 Å². The predicted octanol–water partition coefficient (Wildman–Crippen LogP) is 5.84. The Morgan fingerprint density at radius 3 is 2.80 bits per heavy atom. The van der Waals surface area contributed by atoms with E-state index in [0.29, 0.717) is 59.2 Å². The van der Waals surface area contributed by atoms with Crippen molar-refractivity contribution in [3.8, 4) is 23.3 Å². The van der Waals surface area contributed by atoms with Gasteiger partial charge in [-0.25, -0.2) is 18.2 Å². The lowest BCUT2D eigenvalue weighted by Crippen LogP contribution is -2.61. The SMILES string of the molecule is C[C@@H]1CN2c3nc(OC[C@@]45CCCN4C[C@H](F)C5)nc4c(F)c(-c5cccc6ccc(F)c(C#N)c56)nc(c34)CCC[C@@H]2[C@H](C)N1. The minimum absolute atomic E-state index is 0.0154. The molecule has 238 valence electrons. The van der Waals surface area contributed by atoms with Crippen LogP contribution in [0, 0.1) is 23.0 Å². The lowest BCUT2D eigenvalue weighted by molar-refractivity contribution is 0.107. The van der Waals surface area contributed by atoms with Crippen molar-refractivity contribution in [3.63, 3.8) is 0 Å². The number of alkyl halides is 1. The summed E-state index contributed by atoms with van der Waals surface area (Å²) in [5.41, 5.74) is 0.519. The first-order chi connectivity index (χ1) is 22.3. The fourth-order valence-electron chi connectivity index (χ4n) is 8.59. The maximum absolute atomic E-state index is 17.1. The van der Waals surface area contributed by atoms with Gasteiger partial charge < -0.3 is 15.0 Å². The van der Waals surface area contributed by atoms with Crippen LogP contribution in [0.3, 0.4) is 0 Å². The molecule has 4 aliphatic heterocycles. The Labute approximate surface area is 265 Å². The summed E-state index contributed by atoms with van der Waals surface area (Å²) in [6.45, 7) is 6.40. The minimum Gasteiger partial charge on any atom is -0.461 e. The number of aromatic nitrogens is 3. The van der Waals surface area contributed by atoms with Crippen LogP contribution in [0.2, 0.25) is 0 Å². The number of anilines is 1. The molecule has 0 radical (unpaired) electrons. The molecule has 0 spiro atoms. The van der Waals surface area contributed by atoms with Crippen molar-refractivity contribution in [3.05, 3.63) is 53.2 Å². The van der Waals surface area contributed by atoms with Crippen LogP contribution < -0.4 is 15.0 Å². The number of rotatable bonds is 4. The number of halogens is 3. The third-order valence-corrected chi connectivity index (χ3v) is 10.6. The predicted molar refractivity (Wildman–Crippen MR) is 170 cm³/mol. The summed E-state index contributed by atoms with van der Waals surface area (Å²) < 4.78 is 52.8. The van der Waals surface area contributed by atoms with Crippen LogP contribution in [-0.4, -0.2) is 75.9 Å². The maximum atomic E-state index is 17.1. The van der Waals surface area contributed by atoms with Gasteiger partial charge in [0, 0.05) is 48.6 Å². The summed E-state index contributed by atoms with van der Waals surface area (Å²) in [6.07, 6.45) is 3.57. The Morgan fingerprint density at radius 1 is 1.09 bits per heavy atom. The number of fused-ring (bicyclic) bond motifs is 4. The van der Waals surface area contributed by atoms with Gasteiger partial charge in [0.1, 0.15) is 41.7 Å². The zero-order valence-electron chi connectivity index (χ0n) is 26.0. The van der Waals surface area contributed by atoms with E-state index in [1.165, 1.54) is 6.07 Å². The van der Waals surface area contributed by atoms with E-state index in [2.05, 4.69) is 29.0 Å². The number of nitrogens with one attached hydrogen (secondary N) is 1. The molecule has 3 saturated heterocycles. The molecule has 8 nitrogen and oxygen atoms in total. The van der Waals surface area contributed by atoms with E-state index < -0.39 is 23.3 Å². The van der Waals surface area contributed by atoms with Crippen LogP contribution in [0.4, 0.5) is 19.0 Å². The largest absolute Gasteiger partial charge is 0.461 e. The first-order valence-electron chi connectivity index (χ1n) is 16.3. The minimum atomic E-state index is -0.906. The summed E-state index contributed by atoms with van der Waals surface area (Å²) >= 11 is 0. The number of nitrogens with zero attached hydrogens (tertiary/aromatic N) is 6.